The second kappa shape index (κ2) is 7.61. The lowest BCUT2D eigenvalue weighted by Gasteiger charge is -2.34. The number of aromatic nitrogens is 3. The van der Waals surface area contributed by atoms with E-state index >= 15 is 0 Å². The number of hydrogen-bond acceptors (Lipinski definition) is 5. The molecule has 1 aliphatic rings. The van der Waals surface area contributed by atoms with Crippen LogP contribution in [0.2, 0.25) is 0 Å². The zero-order valence-corrected chi connectivity index (χ0v) is 17.2. The van der Waals surface area contributed by atoms with Gasteiger partial charge in [0.05, 0.1) is 11.3 Å². The molecule has 0 aromatic carbocycles. The topological polar surface area (TPSA) is 99.3 Å². The minimum atomic E-state index is -4.59. The Morgan fingerprint density at radius 1 is 1.13 bits per heavy atom. The van der Waals surface area contributed by atoms with Gasteiger partial charge in [0.15, 0.2) is 0 Å². The summed E-state index contributed by atoms with van der Waals surface area (Å²) in [5.74, 6) is -0.480. The Morgan fingerprint density at radius 3 is 2.48 bits per heavy atom. The van der Waals surface area contributed by atoms with Crippen molar-refractivity contribution in [1.29, 1.82) is 0 Å². The van der Waals surface area contributed by atoms with Gasteiger partial charge < -0.3 is 9.88 Å². The van der Waals surface area contributed by atoms with E-state index in [1.54, 1.807) is 18.3 Å². The van der Waals surface area contributed by atoms with E-state index in [1.165, 1.54) is 22.3 Å². The molecule has 0 radical (unpaired) electrons. The van der Waals surface area contributed by atoms with E-state index in [0.717, 1.165) is 12.1 Å². The van der Waals surface area contributed by atoms with Gasteiger partial charge in [-0.3, -0.25) is 4.79 Å². The number of nitrogens with zero attached hydrogens (tertiary/aromatic N) is 4. The van der Waals surface area contributed by atoms with Gasteiger partial charge in [-0.15, -0.1) is 0 Å². The van der Waals surface area contributed by atoms with E-state index < -0.39 is 27.8 Å². The maximum Gasteiger partial charge on any atom is 0.433 e. The summed E-state index contributed by atoms with van der Waals surface area (Å²) >= 11 is 0. The van der Waals surface area contributed by atoms with Crippen molar-refractivity contribution in [2.45, 2.75) is 18.0 Å². The molecule has 0 unspecified atom stereocenters. The lowest BCUT2D eigenvalue weighted by atomic mass is 10.1. The monoisotopic (exact) mass is 453 g/mol. The Morgan fingerprint density at radius 2 is 1.84 bits per heavy atom. The molecule has 1 aliphatic heterocycles. The highest BCUT2D eigenvalue weighted by Crippen LogP contribution is 2.29. The van der Waals surface area contributed by atoms with Gasteiger partial charge in [-0.25, -0.2) is 18.4 Å². The summed E-state index contributed by atoms with van der Waals surface area (Å²) in [4.78, 5) is 24.7. The fourth-order valence-corrected chi connectivity index (χ4v) is 5.10. The van der Waals surface area contributed by atoms with Gasteiger partial charge in [0, 0.05) is 44.0 Å². The molecule has 3 aromatic rings. The first-order valence-corrected chi connectivity index (χ1v) is 10.8. The molecule has 1 saturated heterocycles. The summed E-state index contributed by atoms with van der Waals surface area (Å²) in [6, 6.07) is 5.18. The Balaban J connectivity index is 1.49. The molecule has 1 amide bonds. The van der Waals surface area contributed by atoms with E-state index in [-0.39, 0.29) is 42.3 Å². The van der Waals surface area contributed by atoms with E-state index in [9.17, 15) is 26.4 Å². The number of nitrogens with one attached hydrogen (secondary N) is 1. The molecule has 1 N–H and O–H groups in total. The molecule has 31 heavy (non-hydrogen) atoms. The quantitative estimate of drug-likeness (QED) is 0.657. The molecule has 3 aromatic heterocycles. The zero-order valence-electron chi connectivity index (χ0n) is 16.3. The molecule has 8 nitrogen and oxygen atoms in total. The van der Waals surface area contributed by atoms with Crippen molar-refractivity contribution in [2.75, 3.05) is 26.2 Å². The second-order valence-corrected chi connectivity index (χ2v) is 8.98. The maximum atomic E-state index is 13.1. The number of amides is 1. The van der Waals surface area contributed by atoms with Gasteiger partial charge in [-0.1, -0.05) is 0 Å². The Bertz CT molecular complexity index is 1250. The number of piperazine rings is 1. The van der Waals surface area contributed by atoms with Crippen LogP contribution in [-0.2, 0) is 16.2 Å². The largest absolute Gasteiger partial charge is 0.433 e. The first-order valence-electron chi connectivity index (χ1n) is 9.35. The smallest absolute Gasteiger partial charge is 0.345 e. The summed E-state index contributed by atoms with van der Waals surface area (Å²) in [5.41, 5.74) is -0.570. The molecule has 164 valence electrons. The number of alkyl halides is 3. The lowest BCUT2D eigenvalue weighted by molar-refractivity contribution is -0.141. The normalized spacial score (nSPS) is 16.1. The van der Waals surface area contributed by atoms with Gasteiger partial charge in [0.1, 0.15) is 16.2 Å². The van der Waals surface area contributed by atoms with E-state index in [2.05, 4.69) is 15.0 Å². The lowest BCUT2D eigenvalue weighted by Crippen LogP contribution is -2.50. The summed E-state index contributed by atoms with van der Waals surface area (Å²) < 4.78 is 65.8. The van der Waals surface area contributed by atoms with Crippen LogP contribution >= 0.6 is 0 Å². The van der Waals surface area contributed by atoms with Gasteiger partial charge in [-0.05, 0) is 31.2 Å². The van der Waals surface area contributed by atoms with Gasteiger partial charge in [0.25, 0.3) is 5.91 Å². The minimum absolute atomic E-state index is 0.0267. The number of aryl methyl sites for hydroxylation is 1. The summed E-state index contributed by atoms with van der Waals surface area (Å²) in [6.45, 7) is 1.69. The zero-order chi connectivity index (χ0) is 22.4. The third-order valence-corrected chi connectivity index (χ3v) is 7.10. The number of carbonyl (C=O) groups excluding carboxylic acids is 1. The Kier molecular flexibility index (Phi) is 5.21. The van der Waals surface area contributed by atoms with Crippen LogP contribution < -0.4 is 0 Å². The van der Waals surface area contributed by atoms with Crippen LogP contribution in [0.25, 0.3) is 11.0 Å². The number of sulfonamides is 1. The number of aromatic amines is 1. The minimum Gasteiger partial charge on any atom is -0.345 e. The predicted octanol–water partition coefficient (Wildman–Crippen LogP) is 2.43. The highest BCUT2D eigenvalue weighted by molar-refractivity contribution is 7.89. The van der Waals surface area contributed by atoms with Crippen molar-refractivity contribution in [3.63, 3.8) is 0 Å². The van der Waals surface area contributed by atoms with E-state index in [0.29, 0.717) is 11.0 Å². The molecule has 0 spiro atoms. The SMILES string of the molecule is Cc1nc(C(F)(F)F)ccc1C(=O)N1CCN(S(=O)(=O)c2c[nH]c3ncccc23)CC1. The molecule has 0 aliphatic carbocycles. The molecule has 12 heteroatoms. The average Bonchev–Trinajstić information content (AvgIpc) is 3.18. The van der Waals surface area contributed by atoms with Gasteiger partial charge in [-0.2, -0.15) is 17.5 Å². The average molecular weight is 453 g/mol. The van der Waals surface area contributed by atoms with Crippen molar-refractivity contribution >= 4 is 27.0 Å². The van der Waals surface area contributed by atoms with Crippen molar-refractivity contribution in [3.05, 3.63) is 53.6 Å². The fraction of sp³-hybridized carbons (Fsp3) is 0.316. The van der Waals surface area contributed by atoms with Crippen LogP contribution in [0.3, 0.4) is 0 Å². The maximum absolute atomic E-state index is 13.1. The summed E-state index contributed by atoms with van der Waals surface area (Å²) in [5, 5.41) is 0.479. The van der Waals surface area contributed by atoms with Crippen LogP contribution in [-0.4, -0.2) is 64.7 Å². The van der Waals surface area contributed by atoms with E-state index in [4.69, 9.17) is 0 Å². The molecule has 0 atom stereocenters. The first-order chi connectivity index (χ1) is 14.6. The number of fused-ring (bicyclic) bond motifs is 1. The van der Waals surface area contributed by atoms with Crippen molar-refractivity contribution in [2.24, 2.45) is 0 Å². The van der Waals surface area contributed by atoms with Crippen LogP contribution in [0.5, 0.6) is 0 Å². The van der Waals surface area contributed by atoms with Crippen LogP contribution in [0.15, 0.2) is 41.6 Å². The van der Waals surface area contributed by atoms with Crippen LogP contribution in [0.1, 0.15) is 21.7 Å². The number of halogens is 3. The fourth-order valence-electron chi connectivity index (χ4n) is 3.53. The highest BCUT2D eigenvalue weighted by atomic mass is 32.2. The van der Waals surface area contributed by atoms with Crippen LogP contribution in [0, 0.1) is 6.92 Å². The number of H-pyrrole nitrogens is 1. The molecule has 4 rings (SSSR count). The Labute approximate surface area is 175 Å². The molecule has 1 fully saturated rings. The van der Waals surface area contributed by atoms with Gasteiger partial charge >= 0.3 is 6.18 Å². The molecule has 0 saturated carbocycles. The first kappa shape index (κ1) is 21.2. The summed E-state index contributed by atoms with van der Waals surface area (Å²) in [7, 11) is -3.80. The van der Waals surface area contributed by atoms with Crippen molar-refractivity contribution < 1.29 is 26.4 Å². The number of hydrogen-bond donors (Lipinski definition) is 1. The number of rotatable bonds is 3. The second-order valence-electron chi connectivity index (χ2n) is 7.08. The van der Waals surface area contributed by atoms with Gasteiger partial charge in [0.2, 0.25) is 10.0 Å². The highest BCUT2D eigenvalue weighted by Gasteiger charge is 2.35. The molecular weight excluding hydrogens is 435 g/mol. The predicted molar refractivity (Wildman–Crippen MR) is 105 cm³/mol. The molecule has 4 heterocycles. The Hall–Kier alpha value is -2.99. The van der Waals surface area contributed by atoms with E-state index in [1.807, 2.05) is 0 Å². The van der Waals surface area contributed by atoms with Crippen LogP contribution in [0.4, 0.5) is 13.2 Å². The molecular formula is C19H18F3N5O3S. The summed E-state index contributed by atoms with van der Waals surface area (Å²) in [6.07, 6.45) is -1.65. The molecule has 0 bridgehead atoms. The van der Waals surface area contributed by atoms with Crippen molar-refractivity contribution in [3.8, 4) is 0 Å². The number of carbonyl (C=O) groups is 1. The third-order valence-electron chi connectivity index (χ3n) is 5.16. The van der Waals surface area contributed by atoms with Crippen molar-refractivity contribution in [1.82, 2.24) is 24.2 Å². The standard InChI is InChI=1S/C19H18F3N5O3S/c1-12-13(4-5-16(25-12)19(20,21)22)18(28)26-7-9-27(10-8-26)31(29,30)15-11-24-17-14(15)3-2-6-23-17/h2-6,11H,7-10H2,1H3,(H,23,24). The number of pyridine rings is 2. The third kappa shape index (κ3) is 3.88.